The molecule has 0 aromatic heterocycles. The van der Waals surface area contributed by atoms with Crippen LogP contribution in [0.3, 0.4) is 0 Å². The van der Waals surface area contributed by atoms with E-state index in [9.17, 15) is 19.1 Å². The van der Waals surface area contributed by atoms with Crippen LogP contribution < -0.4 is 5.73 Å². The Kier molecular flexibility index (Phi) is 9.50. The number of nitrogens with two attached hydrogens (primary N) is 1. The van der Waals surface area contributed by atoms with E-state index in [4.69, 9.17) is 10.5 Å². The number of aliphatic hydroxyl groups is 1. The fourth-order valence-corrected chi connectivity index (χ4v) is 5.06. The van der Waals surface area contributed by atoms with Gasteiger partial charge in [-0.2, -0.15) is 0 Å². The number of nitrogens with zero attached hydrogens (tertiary/aromatic N) is 3. The van der Waals surface area contributed by atoms with Crippen molar-refractivity contribution < 1.29 is 23.8 Å². The molecule has 0 saturated carbocycles. The van der Waals surface area contributed by atoms with Crippen LogP contribution in [-0.2, 0) is 22.4 Å². The predicted octanol–water partition coefficient (Wildman–Crippen LogP) is 2.66. The fourth-order valence-electron chi connectivity index (χ4n) is 5.06. The number of aliphatic hydroxyl groups excluding tert-OH is 1. The van der Waals surface area contributed by atoms with Crippen LogP contribution in [0, 0.1) is 5.82 Å². The molecule has 1 aliphatic rings. The Hall–Kier alpha value is -3.53. The number of rotatable bonds is 9. The number of hydrogen-bond donors (Lipinski definition) is 2. The van der Waals surface area contributed by atoms with Crippen molar-refractivity contribution in [3.63, 3.8) is 0 Å². The molecule has 1 fully saturated rings. The lowest BCUT2D eigenvalue weighted by atomic mass is 9.99. The second-order valence-electron chi connectivity index (χ2n) is 10.3. The van der Waals surface area contributed by atoms with Crippen molar-refractivity contribution in [2.24, 2.45) is 5.73 Å². The Balaban J connectivity index is 1.46. The molecule has 1 saturated heterocycles. The zero-order valence-corrected chi connectivity index (χ0v) is 22.5. The van der Waals surface area contributed by atoms with E-state index < -0.39 is 18.2 Å². The monoisotopic (exact) mass is 536 g/mol. The van der Waals surface area contributed by atoms with Crippen molar-refractivity contribution >= 4 is 22.8 Å². The number of amides is 2. The molecule has 0 spiro atoms. The van der Waals surface area contributed by atoms with Crippen molar-refractivity contribution in [2.75, 3.05) is 46.9 Å². The third-order valence-corrected chi connectivity index (χ3v) is 7.26. The van der Waals surface area contributed by atoms with Crippen molar-refractivity contribution in [3.8, 4) is 0 Å². The highest BCUT2D eigenvalue weighted by Gasteiger charge is 2.35. The molecule has 3 N–H and O–H groups in total. The number of piperazine rings is 1. The number of halogens is 1. The van der Waals surface area contributed by atoms with Gasteiger partial charge in [-0.3, -0.25) is 9.69 Å². The van der Waals surface area contributed by atoms with Gasteiger partial charge < -0.3 is 25.4 Å². The minimum absolute atomic E-state index is 0.144. The first kappa shape index (κ1) is 28.5. The first-order chi connectivity index (χ1) is 18.7. The Morgan fingerprint density at radius 2 is 1.72 bits per heavy atom. The molecule has 8 nitrogen and oxygen atoms in total. The quantitative estimate of drug-likeness (QED) is 0.436. The van der Waals surface area contributed by atoms with Crippen LogP contribution in [0.15, 0.2) is 66.7 Å². The van der Waals surface area contributed by atoms with Crippen LogP contribution >= 0.6 is 0 Å². The van der Waals surface area contributed by atoms with E-state index in [2.05, 4.69) is 35.2 Å². The summed E-state index contributed by atoms with van der Waals surface area (Å²) in [5.74, 6) is -0.590. The number of fused-ring (bicyclic) bond motifs is 1. The van der Waals surface area contributed by atoms with Gasteiger partial charge in [0.1, 0.15) is 12.4 Å². The molecule has 2 amide bonds. The summed E-state index contributed by atoms with van der Waals surface area (Å²) in [5.41, 5.74) is 8.13. The molecule has 4 rings (SSSR count). The number of carbonyl (C=O) groups is 2. The molecule has 3 atom stereocenters. The maximum Gasteiger partial charge on any atom is 0.409 e. The summed E-state index contributed by atoms with van der Waals surface area (Å²) in [6.45, 7) is 1.31. The summed E-state index contributed by atoms with van der Waals surface area (Å²) in [4.78, 5) is 30.7. The first-order valence-corrected chi connectivity index (χ1v) is 13.2. The fraction of sp³-hybridized carbons (Fsp3) is 0.400. The third-order valence-electron chi connectivity index (χ3n) is 7.26. The zero-order valence-electron chi connectivity index (χ0n) is 22.5. The molecule has 3 aromatic carbocycles. The van der Waals surface area contributed by atoms with E-state index in [1.807, 2.05) is 12.1 Å². The van der Waals surface area contributed by atoms with Gasteiger partial charge in [0, 0.05) is 39.8 Å². The van der Waals surface area contributed by atoms with Gasteiger partial charge in [-0.25, -0.2) is 9.18 Å². The van der Waals surface area contributed by atoms with Crippen molar-refractivity contribution in [1.29, 1.82) is 0 Å². The van der Waals surface area contributed by atoms with Gasteiger partial charge in [-0.15, -0.1) is 0 Å². The van der Waals surface area contributed by atoms with Gasteiger partial charge in [0.2, 0.25) is 5.91 Å². The van der Waals surface area contributed by atoms with E-state index >= 15 is 0 Å². The average Bonchev–Trinajstić information content (AvgIpc) is 2.95. The number of ether oxygens (including phenoxy) is 1. The van der Waals surface area contributed by atoms with Crippen LogP contribution in [0.1, 0.15) is 11.1 Å². The zero-order chi connectivity index (χ0) is 27.9. The highest BCUT2D eigenvalue weighted by molar-refractivity contribution is 5.83. The Morgan fingerprint density at radius 1 is 1.03 bits per heavy atom. The van der Waals surface area contributed by atoms with Gasteiger partial charge in [-0.1, -0.05) is 54.6 Å². The minimum Gasteiger partial charge on any atom is -0.448 e. The van der Waals surface area contributed by atoms with E-state index in [1.54, 1.807) is 31.1 Å². The van der Waals surface area contributed by atoms with Gasteiger partial charge in [0.05, 0.1) is 18.7 Å². The Morgan fingerprint density at radius 3 is 2.41 bits per heavy atom. The van der Waals surface area contributed by atoms with E-state index in [1.165, 1.54) is 17.0 Å². The number of hydrogen-bond acceptors (Lipinski definition) is 6. The summed E-state index contributed by atoms with van der Waals surface area (Å²) in [7, 11) is 3.28. The Labute approximate surface area is 228 Å². The van der Waals surface area contributed by atoms with E-state index in [-0.39, 0.29) is 37.4 Å². The average molecular weight is 537 g/mol. The second kappa shape index (κ2) is 13.0. The maximum atomic E-state index is 13.2. The SMILES string of the molecule is CN(C)C(=O)OCC(Cc1ccc2ccccc2c1)N1CCN(C(=O)C(N)Cc2ccc(F)cc2)C(CO)C1. The molecule has 39 heavy (non-hydrogen) atoms. The second-order valence-corrected chi connectivity index (χ2v) is 10.3. The highest BCUT2D eigenvalue weighted by Crippen LogP contribution is 2.21. The number of carbonyl (C=O) groups excluding carboxylic acids is 2. The van der Waals surface area contributed by atoms with Crippen molar-refractivity contribution in [2.45, 2.75) is 31.0 Å². The normalized spacial score (nSPS) is 17.6. The third kappa shape index (κ3) is 7.32. The summed E-state index contributed by atoms with van der Waals surface area (Å²) < 4.78 is 18.8. The molecule has 208 valence electrons. The molecule has 0 radical (unpaired) electrons. The first-order valence-electron chi connectivity index (χ1n) is 13.2. The summed E-state index contributed by atoms with van der Waals surface area (Å²) in [5, 5.41) is 12.5. The van der Waals surface area contributed by atoms with Gasteiger partial charge >= 0.3 is 6.09 Å². The van der Waals surface area contributed by atoms with Crippen LogP contribution in [0.2, 0.25) is 0 Å². The largest absolute Gasteiger partial charge is 0.448 e. The molecular formula is C30H37FN4O4. The number of benzene rings is 3. The molecule has 0 aliphatic carbocycles. The maximum absolute atomic E-state index is 13.2. The van der Waals surface area contributed by atoms with Crippen LogP contribution in [-0.4, -0.2) is 96.9 Å². The van der Waals surface area contributed by atoms with Crippen LogP contribution in [0.5, 0.6) is 0 Å². The van der Waals surface area contributed by atoms with Crippen LogP contribution in [0.4, 0.5) is 9.18 Å². The van der Waals surface area contributed by atoms with E-state index in [0.717, 1.165) is 21.9 Å². The van der Waals surface area contributed by atoms with E-state index in [0.29, 0.717) is 26.1 Å². The summed E-state index contributed by atoms with van der Waals surface area (Å²) in [6, 6.07) is 19.0. The van der Waals surface area contributed by atoms with Gasteiger partial charge in [-0.05, 0) is 46.9 Å². The lowest BCUT2D eigenvalue weighted by Crippen LogP contribution is -2.62. The molecule has 3 unspecified atom stereocenters. The molecule has 1 heterocycles. The van der Waals surface area contributed by atoms with Crippen LogP contribution in [0.25, 0.3) is 10.8 Å². The lowest BCUT2D eigenvalue weighted by Gasteiger charge is -2.44. The van der Waals surface area contributed by atoms with Crippen molar-refractivity contribution in [1.82, 2.24) is 14.7 Å². The summed E-state index contributed by atoms with van der Waals surface area (Å²) in [6.07, 6.45) is 0.502. The predicted molar refractivity (Wildman–Crippen MR) is 149 cm³/mol. The molecule has 0 bridgehead atoms. The highest BCUT2D eigenvalue weighted by atomic mass is 19.1. The molecule has 3 aromatic rings. The lowest BCUT2D eigenvalue weighted by molar-refractivity contribution is -0.139. The minimum atomic E-state index is -0.800. The molecule has 9 heteroatoms. The smallest absolute Gasteiger partial charge is 0.409 e. The molecular weight excluding hydrogens is 499 g/mol. The topological polar surface area (TPSA) is 99.3 Å². The standard InChI is InChI=1S/C30H37FN4O4/c1-33(2)30(38)39-20-26(16-22-7-10-23-5-3-4-6-24(23)15-22)34-13-14-35(27(18-34)19-36)29(37)28(32)17-21-8-11-25(31)12-9-21/h3-12,15,26-28,36H,13-14,16-20,32H2,1-2H3. The summed E-state index contributed by atoms with van der Waals surface area (Å²) >= 11 is 0. The van der Waals surface area contributed by atoms with Crippen molar-refractivity contribution in [3.05, 3.63) is 83.7 Å². The molecule has 1 aliphatic heterocycles. The van der Waals surface area contributed by atoms with Gasteiger partial charge in [0.15, 0.2) is 0 Å². The Bertz CT molecular complexity index is 1270. The van der Waals surface area contributed by atoms with Gasteiger partial charge in [0.25, 0.3) is 0 Å².